The molecule has 0 aromatic heterocycles. The van der Waals surface area contributed by atoms with Crippen molar-refractivity contribution in [1.82, 2.24) is 40.9 Å². The van der Waals surface area contributed by atoms with Crippen LogP contribution < -0.4 is 51.2 Å². The van der Waals surface area contributed by atoms with Gasteiger partial charge in [0.1, 0.15) is 61.0 Å². The Morgan fingerprint density at radius 3 is 1.76 bits per heavy atom. The van der Waals surface area contributed by atoms with Crippen molar-refractivity contribution in [2.45, 2.75) is 154 Å². The van der Waals surface area contributed by atoms with Gasteiger partial charge in [0.25, 0.3) is 10.0 Å². The number of esters is 2. The number of amides is 6. The number of benzene rings is 5. The van der Waals surface area contributed by atoms with E-state index >= 15 is 0 Å². The Balaban J connectivity index is 1.23. The molecule has 95 heavy (non-hydrogen) atoms. The summed E-state index contributed by atoms with van der Waals surface area (Å²) in [7, 11) is -5.35. The molecule has 1 aliphatic heterocycles. The lowest BCUT2D eigenvalue weighted by atomic mass is 10.0. The summed E-state index contributed by atoms with van der Waals surface area (Å²) in [5, 5.41) is 12.5. The smallest absolute Gasteiger partial charge is 0.408 e. The largest absolute Gasteiger partial charge is 0.496 e. The summed E-state index contributed by atoms with van der Waals surface area (Å²) in [5.74, 6) is -5.54. The van der Waals surface area contributed by atoms with Crippen LogP contribution in [0.15, 0.2) is 112 Å². The molecule has 0 unspecified atom stereocenters. The highest BCUT2D eigenvalue weighted by molar-refractivity contribution is 7.90. The minimum Gasteiger partial charge on any atom is -0.496 e. The number of sulfonamides is 2. The van der Waals surface area contributed by atoms with Crippen LogP contribution in [-0.2, 0) is 94.1 Å². The zero-order valence-electron chi connectivity index (χ0n) is 55.1. The molecular weight excluding hydrogens is 1270 g/mol. The fraction of sp³-hybridized carbons (Fsp3) is 0.409. The van der Waals surface area contributed by atoms with Gasteiger partial charge < -0.3 is 60.9 Å². The number of aryl methyl sites for hydroxylation is 2. The van der Waals surface area contributed by atoms with E-state index in [4.69, 9.17) is 29.4 Å². The number of hydrogen-bond donors (Lipinski definition) is 8. The number of aliphatic imine (C=N–C) groups is 1. The van der Waals surface area contributed by atoms with Gasteiger partial charge in [-0.2, -0.15) is 0 Å². The molecule has 9 N–H and O–H groups in total. The first-order valence-electron chi connectivity index (χ1n) is 30.3. The second-order valence-electron chi connectivity index (χ2n) is 23.6. The fourth-order valence-corrected chi connectivity index (χ4v) is 13.4. The molecule has 4 atom stereocenters. The van der Waals surface area contributed by atoms with Gasteiger partial charge in [0.05, 0.1) is 36.9 Å². The van der Waals surface area contributed by atoms with Crippen LogP contribution in [0.4, 0.5) is 4.79 Å². The summed E-state index contributed by atoms with van der Waals surface area (Å²) in [6.45, 7) is 12.7. The van der Waals surface area contributed by atoms with Crippen LogP contribution in [0.1, 0.15) is 102 Å². The molecule has 5 aromatic rings. The first kappa shape index (κ1) is 74.4. The molecule has 29 heteroatoms. The predicted octanol–water partition coefficient (Wildman–Crippen LogP) is 4.18. The maximum atomic E-state index is 14.8. The molecule has 1 heterocycles. The van der Waals surface area contributed by atoms with E-state index in [1.165, 1.54) is 14.2 Å². The molecule has 1 saturated heterocycles. The Morgan fingerprint density at radius 1 is 0.663 bits per heavy atom. The molecule has 1 fully saturated rings. The second kappa shape index (κ2) is 33.5. The van der Waals surface area contributed by atoms with Gasteiger partial charge in [0.2, 0.25) is 45.5 Å². The molecule has 512 valence electrons. The number of methoxy groups -OCH3 is 2. The molecule has 0 spiro atoms. The number of alkyl carbamates (subject to hydrolysis) is 1. The Labute approximate surface area is 553 Å². The van der Waals surface area contributed by atoms with E-state index in [0.717, 1.165) is 4.90 Å². The zero-order valence-corrected chi connectivity index (χ0v) is 56.7. The van der Waals surface area contributed by atoms with Crippen molar-refractivity contribution in [2.24, 2.45) is 10.7 Å². The van der Waals surface area contributed by atoms with Gasteiger partial charge in [0.15, 0.2) is 0 Å². The van der Waals surface area contributed by atoms with Crippen molar-refractivity contribution in [2.75, 3.05) is 33.9 Å². The van der Waals surface area contributed by atoms with Gasteiger partial charge >= 0.3 is 18.0 Å². The number of piperazine rings is 1. The van der Waals surface area contributed by atoms with Gasteiger partial charge in [-0.25, -0.2) is 31.1 Å². The Bertz CT molecular complexity index is 3880. The standard InChI is InChI=1S/C66H84N10O17S2/c1-39-29-53(89-10)41(3)43(5)58(39)94(85,86)71-33-45-24-26-46(27-25-45)36-76-52(62(82)73-51(63(76)83)34-69-61(81)50(31-56(78)93-66(7,8)9)74-65(84)92-38-48-21-16-13-17-22-48)32-55(77)72-49(60(80)70-35-57(79)91-37-47-19-14-12-15-20-47)23-18-28-68-64(67)75-95(87,88)59-40(2)30-54(90-11)42(4)44(59)6/h12-17,19-22,24-27,29-30,49-52,71H,18,23,28,31-38H2,1-11H3,(H,69,81)(H,70,80)(H,72,77)(H,73,82)(H,74,84)(H3,67,68,75)/t49-,50-,51+,52-/m0/s1. The number of carbonyl (C=O) groups excluding carboxylic acids is 8. The van der Waals surface area contributed by atoms with Crippen molar-refractivity contribution in [1.29, 1.82) is 0 Å². The number of hydrogen-bond acceptors (Lipinski definition) is 18. The molecule has 6 amide bonds. The molecule has 0 saturated carbocycles. The van der Waals surface area contributed by atoms with Crippen LogP contribution in [-0.4, -0.2) is 139 Å². The molecular formula is C66H84N10O17S2. The van der Waals surface area contributed by atoms with E-state index in [1.54, 1.807) is 159 Å². The highest BCUT2D eigenvalue weighted by atomic mass is 32.2. The van der Waals surface area contributed by atoms with Gasteiger partial charge in [0, 0.05) is 26.2 Å². The maximum Gasteiger partial charge on any atom is 0.408 e. The molecule has 27 nitrogen and oxygen atoms in total. The number of ether oxygens (including phenoxy) is 5. The molecule has 1 aliphatic rings. The quantitative estimate of drug-likeness (QED) is 0.0105. The molecule has 5 aromatic carbocycles. The molecule has 0 radical (unpaired) electrons. The van der Waals surface area contributed by atoms with Crippen molar-refractivity contribution in [3.05, 3.63) is 153 Å². The van der Waals surface area contributed by atoms with Crippen LogP contribution in [0.5, 0.6) is 11.5 Å². The second-order valence-corrected chi connectivity index (χ2v) is 27.0. The number of carbonyl (C=O) groups is 8. The van der Waals surface area contributed by atoms with Crippen LogP contribution in [0, 0.1) is 41.5 Å². The summed E-state index contributed by atoms with van der Waals surface area (Å²) in [4.78, 5) is 116. The minimum absolute atomic E-state index is 0.0121. The van der Waals surface area contributed by atoms with Crippen LogP contribution in [0.3, 0.4) is 0 Å². The summed E-state index contributed by atoms with van der Waals surface area (Å²) in [6.07, 6.45) is -2.68. The lowest BCUT2D eigenvalue weighted by molar-refractivity contribution is -0.156. The van der Waals surface area contributed by atoms with E-state index < -0.39 is 129 Å². The third-order valence-corrected chi connectivity index (χ3v) is 18.6. The molecule has 6 rings (SSSR count). The third-order valence-electron chi connectivity index (χ3n) is 15.3. The summed E-state index contributed by atoms with van der Waals surface area (Å²) >= 11 is 0. The lowest BCUT2D eigenvalue weighted by Crippen LogP contribution is -2.66. The molecule has 0 bridgehead atoms. The SMILES string of the molecule is COc1cc(C)c(S(=O)(=O)NCc2ccc(CN3C(=O)[C@@H](CNC(=O)[C@H](CC(=O)OC(C)(C)C)NC(=O)OCc4ccccc4)NC(=O)[C@@H]3CC(=O)N[C@@H](CCCN=C(N)NS(=O)(=O)c3c(C)cc(OC)c(C)c3C)C(=O)NCC(=O)OCc3ccccc3)cc2)c(C)c1C. The predicted molar refractivity (Wildman–Crippen MR) is 350 cm³/mol. The van der Waals surface area contributed by atoms with E-state index in [2.05, 4.69) is 41.0 Å². The van der Waals surface area contributed by atoms with E-state index in [-0.39, 0.29) is 55.5 Å². The summed E-state index contributed by atoms with van der Waals surface area (Å²) < 4.78 is 86.5. The highest BCUT2D eigenvalue weighted by Crippen LogP contribution is 2.32. The van der Waals surface area contributed by atoms with Crippen molar-refractivity contribution < 1.29 is 78.9 Å². The number of nitrogens with two attached hydrogens (primary N) is 1. The monoisotopic (exact) mass is 1350 g/mol. The Morgan fingerprint density at radius 2 is 1.20 bits per heavy atom. The first-order chi connectivity index (χ1) is 44.8. The van der Waals surface area contributed by atoms with Gasteiger partial charge in [-0.3, -0.25) is 38.6 Å². The lowest BCUT2D eigenvalue weighted by Gasteiger charge is -2.39. The number of guanidine groups is 1. The zero-order chi connectivity index (χ0) is 70.0. The first-order valence-corrected chi connectivity index (χ1v) is 33.3. The van der Waals surface area contributed by atoms with E-state index in [0.29, 0.717) is 67.1 Å². The van der Waals surface area contributed by atoms with Crippen LogP contribution in [0.2, 0.25) is 0 Å². The number of nitrogens with one attached hydrogen (secondary N) is 7. The number of rotatable bonds is 30. The van der Waals surface area contributed by atoms with Crippen molar-refractivity contribution >= 4 is 73.6 Å². The number of nitrogens with zero attached hydrogens (tertiary/aromatic N) is 2. The minimum atomic E-state index is -4.26. The van der Waals surface area contributed by atoms with E-state index in [9.17, 15) is 55.2 Å². The van der Waals surface area contributed by atoms with Crippen molar-refractivity contribution in [3.8, 4) is 11.5 Å². The highest BCUT2D eigenvalue weighted by Gasteiger charge is 2.43. The summed E-state index contributed by atoms with van der Waals surface area (Å²) in [6, 6.07) is 20.9. The third kappa shape index (κ3) is 21.5. The average molecular weight is 1350 g/mol. The van der Waals surface area contributed by atoms with Crippen molar-refractivity contribution in [3.63, 3.8) is 0 Å². The average Bonchev–Trinajstić information content (AvgIpc) is 0.799. The van der Waals surface area contributed by atoms with Gasteiger partial charge in [-0.05, 0) is 143 Å². The maximum absolute atomic E-state index is 14.8. The Kier molecular flexibility index (Phi) is 26.2. The Hall–Kier alpha value is -9.61. The van der Waals surface area contributed by atoms with Crippen LogP contribution in [0.25, 0.3) is 0 Å². The molecule has 0 aliphatic carbocycles. The normalized spacial score (nSPS) is 14.9. The topological polar surface area (TPSA) is 377 Å². The summed E-state index contributed by atoms with van der Waals surface area (Å²) in [5.41, 5.74) is 10.4. The van der Waals surface area contributed by atoms with E-state index in [1.807, 2.05) is 0 Å². The van der Waals surface area contributed by atoms with Gasteiger partial charge in [-0.15, -0.1) is 0 Å². The van der Waals surface area contributed by atoms with Gasteiger partial charge in [-0.1, -0.05) is 84.9 Å². The van der Waals surface area contributed by atoms with Crippen LogP contribution >= 0.6 is 0 Å². The fourth-order valence-electron chi connectivity index (χ4n) is 10.3.